The van der Waals surface area contributed by atoms with Crippen molar-refractivity contribution in [2.24, 2.45) is 0 Å². The highest BCUT2D eigenvalue weighted by Crippen LogP contribution is 2.29. The monoisotopic (exact) mass is 270 g/mol. The molecule has 1 aromatic heterocycles. The van der Waals surface area contributed by atoms with E-state index in [1.807, 2.05) is 11.0 Å². The third-order valence-electron chi connectivity index (χ3n) is 2.33. The number of hydrogen-bond donors (Lipinski definition) is 1. The molecule has 0 unspecified atom stereocenters. The van der Waals surface area contributed by atoms with Crippen LogP contribution in [0.4, 0.5) is 0 Å². The van der Waals surface area contributed by atoms with Crippen LogP contribution in [0.15, 0.2) is 29.4 Å². The number of pyridine rings is 1. The number of nitrogens with zero attached hydrogens (tertiary/aromatic N) is 2. The topological polar surface area (TPSA) is 53.4 Å². The minimum absolute atomic E-state index is 0.464. The van der Waals surface area contributed by atoms with E-state index in [1.54, 1.807) is 24.0 Å². The van der Waals surface area contributed by atoms with Gasteiger partial charge in [-0.05, 0) is 11.6 Å². The van der Waals surface area contributed by atoms with E-state index in [1.165, 1.54) is 6.08 Å². The van der Waals surface area contributed by atoms with Gasteiger partial charge >= 0.3 is 5.97 Å². The number of aliphatic carboxylic acids is 1. The van der Waals surface area contributed by atoms with Gasteiger partial charge in [0.1, 0.15) is 5.15 Å². The van der Waals surface area contributed by atoms with E-state index in [0.717, 1.165) is 22.9 Å². The maximum atomic E-state index is 10.7. The molecule has 1 aliphatic heterocycles. The SMILES string of the molecule is O=C(O)C=C1SCCN1Cc1ccc(Cl)nc1. The average molecular weight is 271 g/mol. The molecule has 1 saturated heterocycles. The average Bonchev–Trinajstić information content (AvgIpc) is 2.68. The molecule has 1 N–H and O–H groups in total. The lowest BCUT2D eigenvalue weighted by atomic mass is 10.2. The maximum absolute atomic E-state index is 10.7. The fourth-order valence-electron chi connectivity index (χ4n) is 1.58. The highest BCUT2D eigenvalue weighted by molar-refractivity contribution is 8.03. The Morgan fingerprint density at radius 2 is 2.47 bits per heavy atom. The summed E-state index contributed by atoms with van der Waals surface area (Å²) in [4.78, 5) is 16.7. The van der Waals surface area contributed by atoms with E-state index in [9.17, 15) is 4.79 Å². The third-order valence-corrected chi connectivity index (χ3v) is 3.61. The van der Waals surface area contributed by atoms with Crippen molar-refractivity contribution >= 4 is 29.3 Å². The molecular weight excluding hydrogens is 260 g/mol. The van der Waals surface area contributed by atoms with Crippen LogP contribution in [0.5, 0.6) is 0 Å². The van der Waals surface area contributed by atoms with Crippen molar-refractivity contribution in [1.82, 2.24) is 9.88 Å². The number of hydrogen-bond acceptors (Lipinski definition) is 4. The minimum Gasteiger partial charge on any atom is -0.478 e. The van der Waals surface area contributed by atoms with Crippen LogP contribution in [0.1, 0.15) is 5.56 Å². The zero-order valence-electron chi connectivity index (χ0n) is 8.97. The first-order valence-electron chi connectivity index (χ1n) is 5.08. The van der Waals surface area contributed by atoms with Crippen molar-refractivity contribution in [2.45, 2.75) is 6.54 Å². The summed E-state index contributed by atoms with van der Waals surface area (Å²) in [5.41, 5.74) is 1.02. The lowest BCUT2D eigenvalue weighted by molar-refractivity contribution is -0.131. The molecule has 1 fully saturated rings. The van der Waals surface area contributed by atoms with E-state index in [4.69, 9.17) is 16.7 Å². The van der Waals surface area contributed by atoms with Gasteiger partial charge in [0.2, 0.25) is 0 Å². The standard InChI is InChI=1S/C11H11ClN2O2S/c12-9-2-1-8(6-13-9)7-14-3-4-17-10(14)5-11(15)16/h1-2,5-6H,3-4,7H2,(H,15,16). The Kier molecular flexibility index (Phi) is 3.91. The third kappa shape index (κ3) is 3.38. The highest BCUT2D eigenvalue weighted by Gasteiger charge is 2.18. The summed E-state index contributed by atoms with van der Waals surface area (Å²) < 4.78 is 0. The summed E-state index contributed by atoms with van der Waals surface area (Å²) in [7, 11) is 0. The normalized spacial score (nSPS) is 17.7. The Hall–Kier alpha value is -1.20. The van der Waals surface area contributed by atoms with Crippen LogP contribution in [-0.2, 0) is 11.3 Å². The van der Waals surface area contributed by atoms with Gasteiger partial charge in [0, 0.05) is 25.0 Å². The summed E-state index contributed by atoms with van der Waals surface area (Å²) >= 11 is 7.27. The molecule has 0 spiro atoms. The number of rotatable bonds is 3. The minimum atomic E-state index is -0.909. The highest BCUT2D eigenvalue weighted by atomic mass is 35.5. The Labute approximate surface area is 108 Å². The number of carboxylic acids is 1. The predicted molar refractivity (Wildman–Crippen MR) is 67.8 cm³/mol. The largest absolute Gasteiger partial charge is 0.478 e. The molecule has 0 radical (unpaired) electrons. The van der Waals surface area contributed by atoms with Crippen LogP contribution >= 0.6 is 23.4 Å². The van der Waals surface area contributed by atoms with Crippen molar-refractivity contribution in [3.05, 3.63) is 40.2 Å². The lowest BCUT2D eigenvalue weighted by Crippen LogP contribution is -2.18. The molecule has 0 aromatic carbocycles. The van der Waals surface area contributed by atoms with Crippen molar-refractivity contribution in [3.63, 3.8) is 0 Å². The van der Waals surface area contributed by atoms with Gasteiger partial charge < -0.3 is 10.0 Å². The molecule has 0 atom stereocenters. The van der Waals surface area contributed by atoms with Crippen LogP contribution in [0.2, 0.25) is 5.15 Å². The molecule has 0 amide bonds. The number of aromatic nitrogens is 1. The van der Waals surface area contributed by atoms with Gasteiger partial charge in [-0.3, -0.25) is 0 Å². The van der Waals surface area contributed by atoms with Crippen LogP contribution in [0.3, 0.4) is 0 Å². The predicted octanol–water partition coefficient (Wildman–Crippen LogP) is 2.21. The molecule has 0 bridgehead atoms. The molecule has 4 nitrogen and oxygen atoms in total. The van der Waals surface area contributed by atoms with Gasteiger partial charge in [0.05, 0.1) is 11.1 Å². The van der Waals surface area contributed by atoms with Crippen molar-refractivity contribution in [2.75, 3.05) is 12.3 Å². The van der Waals surface area contributed by atoms with E-state index < -0.39 is 5.97 Å². The van der Waals surface area contributed by atoms with Gasteiger partial charge in [-0.15, -0.1) is 11.8 Å². The Morgan fingerprint density at radius 3 is 3.12 bits per heavy atom. The fourth-order valence-corrected chi connectivity index (χ4v) is 2.73. The molecule has 1 aliphatic rings. The molecule has 6 heteroatoms. The molecule has 17 heavy (non-hydrogen) atoms. The number of carboxylic acid groups (broad SMARTS) is 1. The Morgan fingerprint density at radius 1 is 1.65 bits per heavy atom. The van der Waals surface area contributed by atoms with Crippen molar-refractivity contribution in [1.29, 1.82) is 0 Å². The fraction of sp³-hybridized carbons (Fsp3) is 0.273. The summed E-state index contributed by atoms with van der Waals surface area (Å²) in [6.07, 6.45) is 2.96. The van der Waals surface area contributed by atoms with Gasteiger partial charge in [0.15, 0.2) is 0 Å². The van der Waals surface area contributed by atoms with Crippen LogP contribution in [-0.4, -0.2) is 33.3 Å². The number of thioether (sulfide) groups is 1. The zero-order chi connectivity index (χ0) is 12.3. The molecule has 90 valence electrons. The van der Waals surface area contributed by atoms with E-state index >= 15 is 0 Å². The smallest absolute Gasteiger partial charge is 0.330 e. The maximum Gasteiger partial charge on any atom is 0.330 e. The van der Waals surface area contributed by atoms with Crippen molar-refractivity contribution < 1.29 is 9.90 Å². The molecule has 2 rings (SSSR count). The first kappa shape index (κ1) is 12.3. The van der Waals surface area contributed by atoms with E-state index in [2.05, 4.69) is 4.98 Å². The molecule has 2 heterocycles. The van der Waals surface area contributed by atoms with E-state index in [0.29, 0.717) is 11.7 Å². The number of halogens is 1. The molecule has 1 aromatic rings. The van der Waals surface area contributed by atoms with Crippen molar-refractivity contribution in [3.8, 4) is 0 Å². The lowest BCUT2D eigenvalue weighted by Gasteiger charge is -2.18. The summed E-state index contributed by atoms with van der Waals surface area (Å²) in [5, 5.41) is 10.0. The molecular formula is C11H11ClN2O2S. The Bertz CT molecular complexity index is 447. The summed E-state index contributed by atoms with van der Waals surface area (Å²) in [6, 6.07) is 3.64. The first-order valence-corrected chi connectivity index (χ1v) is 6.44. The van der Waals surface area contributed by atoms with Crippen LogP contribution in [0, 0.1) is 0 Å². The van der Waals surface area contributed by atoms with Gasteiger partial charge in [-0.2, -0.15) is 0 Å². The van der Waals surface area contributed by atoms with Gasteiger partial charge in [-0.1, -0.05) is 17.7 Å². The van der Waals surface area contributed by atoms with Gasteiger partial charge in [-0.25, -0.2) is 9.78 Å². The van der Waals surface area contributed by atoms with Crippen LogP contribution < -0.4 is 0 Å². The summed E-state index contributed by atoms with van der Waals surface area (Å²) in [5.74, 6) is 0.00812. The quantitative estimate of drug-likeness (QED) is 0.674. The van der Waals surface area contributed by atoms with Crippen LogP contribution in [0.25, 0.3) is 0 Å². The Balaban J connectivity index is 2.07. The first-order chi connectivity index (χ1) is 8.15. The molecule has 0 aliphatic carbocycles. The summed E-state index contributed by atoms with van der Waals surface area (Å²) in [6.45, 7) is 1.52. The molecule has 0 saturated carbocycles. The second kappa shape index (κ2) is 5.42. The van der Waals surface area contributed by atoms with E-state index in [-0.39, 0.29) is 0 Å². The van der Waals surface area contributed by atoms with Gasteiger partial charge in [0.25, 0.3) is 0 Å². The number of carbonyl (C=O) groups is 1. The second-order valence-electron chi connectivity index (χ2n) is 3.58. The second-order valence-corrected chi connectivity index (χ2v) is 5.08. The zero-order valence-corrected chi connectivity index (χ0v) is 10.5.